The molecule has 0 aliphatic heterocycles. The standard InChI is InChI=1S/C14H15FIN3/c1-2-5-11-13(16)14(17)19-12(18-11)8-9-6-3-4-7-10(9)15/h3-4,6-7H,2,5,8H2,1H3,(H2,17,18,19). The minimum absolute atomic E-state index is 0.236. The zero-order valence-corrected chi connectivity index (χ0v) is 12.8. The van der Waals surface area contributed by atoms with Crippen LogP contribution in [-0.2, 0) is 12.8 Å². The Hall–Kier alpha value is -1.24. The number of rotatable bonds is 4. The van der Waals surface area contributed by atoms with Gasteiger partial charge < -0.3 is 5.73 Å². The van der Waals surface area contributed by atoms with E-state index in [1.807, 2.05) is 0 Å². The van der Waals surface area contributed by atoms with Crippen molar-refractivity contribution in [3.05, 3.63) is 50.7 Å². The second-order valence-electron chi connectivity index (χ2n) is 4.30. The molecule has 2 N–H and O–H groups in total. The van der Waals surface area contributed by atoms with Gasteiger partial charge in [0.15, 0.2) is 0 Å². The molecular formula is C14H15FIN3. The number of nitrogens with zero attached hydrogens (tertiary/aromatic N) is 2. The van der Waals surface area contributed by atoms with E-state index in [2.05, 4.69) is 39.5 Å². The molecule has 0 unspecified atom stereocenters. The van der Waals surface area contributed by atoms with Crippen molar-refractivity contribution in [2.45, 2.75) is 26.2 Å². The van der Waals surface area contributed by atoms with Gasteiger partial charge in [0.25, 0.3) is 0 Å². The molecule has 0 aliphatic carbocycles. The van der Waals surface area contributed by atoms with Crippen LogP contribution in [0.15, 0.2) is 24.3 Å². The normalized spacial score (nSPS) is 10.7. The average molecular weight is 371 g/mol. The van der Waals surface area contributed by atoms with Crippen molar-refractivity contribution < 1.29 is 4.39 Å². The minimum Gasteiger partial charge on any atom is -0.383 e. The first kappa shape index (κ1) is 14.2. The fraction of sp³-hybridized carbons (Fsp3) is 0.286. The third-order valence-electron chi connectivity index (χ3n) is 2.78. The van der Waals surface area contributed by atoms with E-state index in [1.165, 1.54) is 6.07 Å². The molecule has 0 saturated carbocycles. The van der Waals surface area contributed by atoms with E-state index < -0.39 is 0 Å². The third-order valence-corrected chi connectivity index (χ3v) is 3.96. The van der Waals surface area contributed by atoms with Crippen LogP contribution in [0.1, 0.15) is 30.4 Å². The number of hydrogen-bond acceptors (Lipinski definition) is 3. The monoisotopic (exact) mass is 371 g/mol. The highest BCUT2D eigenvalue weighted by molar-refractivity contribution is 14.1. The molecule has 2 rings (SSSR count). The largest absolute Gasteiger partial charge is 0.383 e. The molecule has 0 saturated heterocycles. The van der Waals surface area contributed by atoms with Gasteiger partial charge in [0, 0.05) is 6.42 Å². The van der Waals surface area contributed by atoms with Crippen LogP contribution >= 0.6 is 22.6 Å². The van der Waals surface area contributed by atoms with Crippen LogP contribution in [0.5, 0.6) is 0 Å². The molecule has 0 fully saturated rings. The molecule has 0 aliphatic rings. The van der Waals surface area contributed by atoms with Gasteiger partial charge in [0.05, 0.1) is 9.26 Å². The molecule has 1 aromatic carbocycles. The predicted octanol–water partition coefficient (Wildman–Crippen LogP) is 3.35. The lowest BCUT2D eigenvalue weighted by atomic mass is 10.1. The summed E-state index contributed by atoms with van der Waals surface area (Å²) in [5.74, 6) is 0.817. The first-order valence-corrected chi connectivity index (χ1v) is 7.23. The van der Waals surface area contributed by atoms with Gasteiger partial charge in [0.1, 0.15) is 17.5 Å². The summed E-state index contributed by atoms with van der Waals surface area (Å²) in [6.07, 6.45) is 2.21. The van der Waals surface area contributed by atoms with Crippen molar-refractivity contribution in [1.82, 2.24) is 9.97 Å². The van der Waals surface area contributed by atoms with Crippen molar-refractivity contribution in [1.29, 1.82) is 0 Å². The topological polar surface area (TPSA) is 51.8 Å². The summed E-state index contributed by atoms with van der Waals surface area (Å²) in [5.41, 5.74) is 7.43. The maximum Gasteiger partial charge on any atom is 0.140 e. The molecule has 19 heavy (non-hydrogen) atoms. The number of nitrogen functional groups attached to an aromatic ring is 1. The van der Waals surface area contributed by atoms with E-state index in [9.17, 15) is 4.39 Å². The third kappa shape index (κ3) is 3.40. The van der Waals surface area contributed by atoms with Crippen LogP contribution in [0, 0.1) is 9.39 Å². The summed E-state index contributed by atoms with van der Waals surface area (Å²) in [6.45, 7) is 2.09. The van der Waals surface area contributed by atoms with Crippen LogP contribution in [0.25, 0.3) is 0 Å². The molecule has 0 bridgehead atoms. The number of aryl methyl sites for hydroxylation is 1. The van der Waals surface area contributed by atoms with Crippen LogP contribution in [0.3, 0.4) is 0 Å². The second kappa shape index (κ2) is 6.27. The van der Waals surface area contributed by atoms with Crippen LogP contribution < -0.4 is 5.73 Å². The molecule has 5 heteroatoms. The number of aromatic nitrogens is 2. The van der Waals surface area contributed by atoms with Crippen LogP contribution in [0.4, 0.5) is 10.2 Å². The van der Waals surface area contributed by atoms with Crippen LogP contribution in [-0.4, -0.2) is 9.97 Å². The molecule has 3 nitrogen and oxygen atoms in total. The van der Waals surface area contributed by atoms with E-state index in [-0.39, 0.29) is 5.82 Å². The van der Waals surface area contributed by atoms with Gasteiger partial charge in [-0.1, -0.05) is 31.5 Å². The van der Waals surface area contributed by atoms with E-state index >= 15 is 0 Å². The Morgan fingerprint density at radius 1 is 1.26 bits per heavy atom. The molecule has 0 spiro atoms. The van der Waals surface area contributed by atoms with E-state index in [4.69, 9.17) is 5.73 Å². The number of nitrogens with two attached hydrogens (primary N) is 1. The van der Waals surface area contributed by atoms with Crippen molar-refractivity contribution in [2.24, 2.45) is 0 Å². The Morgan fingerprint density at radius 3 is 2.68 bits per heavy atom. The molecule has 0 atom stereocenters. The average Bonchev–Trinajstić information content (AvgIpc) is 2.38. The molecule has 100 valence electrons. The Bertz CT molecular complexity index is 587. The molecule has 1 heterocycles. The number of benzene rings is 1. The number of halogens is 2. The van der Waals surface area contributed by atoms with E-state index in [1.54, 1.807) is 18.2 Å². The van der Waals surface area contributed by atoms with Gasteiger partial charge in [0.2, 0.25) is 0 Å². The van der Waals surface area contributed by atoms with Gasteiger partial charge in [-0.25, -0.2) is 14.4 Å². The zero-order chi connectivity index (χ0) is 13.8. The van der Waals surface area contributed by atoms with Gasteiger partial charge in [-0.05, 0) is 40.6 Å². The summed E-state index contributed by atoms with van der Waals surface area (Å²) in [6, 6.07) is 6.66. The predicted molar refractivity (Wildman–Crippen MR) is 82.4 cm³/mol. The summed E-state index contributed by atoms with van der Waals surface area (Å²) >= 11 is 2.16. The highest BCUT2D eigenvalue weighted by atomic mass is 127. The lowest BCUT2D eigenvalue weighted by Gasteiger charge is -2.08. The summed E-state index contributed by atoms with van der Waals surface area (Å²) < 4.78 is 14.5. The van der Waals surface area contributed by atoms with Gasteiger partial charge in [-0.15, -0.1) is 0 Å². The highest BCUT2D eigenvalue weighted by Crippen LogP contribution is 2.19. The maximum absolute atomic E-state index is 13.6. The smallest absolute Gasteiger partial charge is 0.140 e. The fourth-order valence-electron chi connectivity index (χ4n) is 1.86. The first-order chi connectivity index (χ1) is 9.11. The van der Waals surface area contributed by atoms with Gasteiger partial charge in [-0.3, -0.25) is 0 Å². The molecule has 0 amide bonds. The highest BCUT2D eigenvalue weighted by Gasteiger charge is 2.11. The molecule has 1 aromatic heterocycles. The summed E-state index contributed by atoms with van der Waals surface area (Å²) in [7, 11) is 0. The Labute approximate surface area is 125 Å². The van der Waals surface area contributed by atoms with Crippen molar-refractivity contribution in [3.63, 3.8) is 0 Å². The van der Waals surface area contributed by atoms with Crippen LogP contribution in [0.2, 0.25) is 0 Å². The number of hydrogen-bond donors (Lipinski definition) is 1. The van der Waals surface area contributed by atoms with Crippen molar-refractivity contribution in [2.75, 3.05) is 5.73 Å². The minimum atomic E-state index is -0.236. The van der Waals surface area contributed by atoms with Crippen molar-refractivity contribution in [3.8, 4) is 0 Å². The quantitative estimate of drug-likeness (QED) is 0.839. The molecule has 2 aromatic rings. The van der Waals surface area contributed by atoms with E-state index in [0.717, 1.165) is 22.1 Å². The lowest BCUT2D eigenvalue weighted by Crippen LogP contribution is -2.08. The molecular weight excluding hydrogens is 356 g/mol. The van der Waals surface area contributed by atoms with Crippen molar-refractivity contribution >= 4 is 28.4 Å². The van der Waals surface area contributed by atoms with Gasteiger partial charge >= 0.3 is 0 Å². The lowest BCUT2D eigenvalue weighted by molar-refractivity contribution is 0.612. The first-order valence-electron chi connectivity index (χ1n) is 6.16. The summed E-state index contributed by atoms with van der Waals surface area (Å²) in [5, 5.41) is 0. The Kier molecular flexibility index (Phi) is 4.68. The zero-order valence-electron chi connectivity index (χ0n) is 10.7. The van der Waals surface area contributed by atoms with E-state index in [0.29, 0.717) is 23.6 Å². The summed E-state index contributed by atoms with van der Waals surface area (Å²) in [4.78, 5) is 8.74. The Balaban J connectivity index is 2.33. The Morgan fingerprint density at radius 2 is 2.00 bits per heavy atom. The SMILES string of the molecule is CCCc1nc(Cc2ccccc2F)nc(N)c1I. The maximum atomic E-state index is 13.6. The molecule has 0 radical (unpaired) electrons. The van der Waals surface area contributed by atoms with Gasteiger partial charge in [-0.2, -0.15) is 0 Å². The second-order valence-corrected chi connectivity index (χ2v) is 5.38. The fourth-order valence-corrected chi connectivity index (χ4v) is 2.37. The number of anilines is 1.